The summed E-state index contributed by atoms with van der Waals surface area (Å²) in [6, 6.07) is 11.9. The Morgan fingerprint density at radius 3 is 2.63 bits per heavy atom. The van der Waals surface area contributed by atoms with Crippen molar-refractivity contribution in [1.29, 1.82) is 0 Å². The fraction of sp³-hybridized carbons (Fsp3) is 0.304. The number of pyridine rings is 2. The smallest absolute Gasteiger partial charge is 0.321 e. The van der Waals surface area contributed by atoms with Crippen molar-refractivity contribution < 1.29 is 9.15 Å². The molecule has 0 amide bonds. The fourth-order valence-corrected chi connectivity index (χ4v) is 3.32. The lowest BCUT2D eigenvalue weighted by molar-refractivity contribution is 0.339. The molecule has 0 spiro atoms. The molecule has 0 radical (unpaired) electrons. The van der Waals surface area contributed by atoms with Gasteiger partial charge in [-0.25, -0.2) is 9.97 Å². The first-order chi connectivity index (χ1) is 14.3. The predicted molar refractivity (Wildman–Crippen MR) is 117 cm³/mol. The van der Waals surface area contributed by atoms with E-state index in [1.54, 1.807) is 6.20 Å². The molecule has 0 saturated carbocycles. The van der Waals surface area contributed by atoms with Gasteiger partial charge in [-0.1, -0.05) is 31.9 Å². The second-order valence-corrected chi connectivity index (χ2v) is 8.13. The van der Waals surface area contributed by atoms with Gasteiger partial charge in [0, 0.05) is 11.6 Å². The maximum atomic E-state index is 5.80. The minimum Gasteiger partial charge on any atom is -0.494 e. The van der Waals surface area contributed by atoms with Crippen LogP contribution in [0.2, 0.25) is 0 Å². The summed E-state index contributed by atoms with van der Waals surface area (Å²) in [6.45, 7) is 11.2. The molecule has 30 heavy (non-hydrogen) atoms. The largest absolute Gasteiger partial charge is 0.494 e. The molecule has 0 aliphatic rings. The minimum atomic E-state index is -0.107. The summed E-state index contributed by atoms with van der Waals surface area (Å²) in [5.41, 5.74) is 3.62. The number of aromatic nitrogens is 4. The minimum absolute atomic E-state index is 0.107. The van der Waals surface area contributed by atoms with Crippen LogP contribution < -0.4 is 10.1 Å². The molecule has 4 rings (SSSR count). The molecular weight excluding hydrogens is 378 g/mol. The molecule has 0 atom stereocenters. The summed E-state index contributed by atoms with van der Waals surface area (Å²) in [5.74, 6) is 1.84. The van der Waals surface area contributed by atoms with Crippen LogP contribution in [0.3, 0.4) is 0 Å². The molecular formula is C23H25N5O2. The number of hydrogen-bond donors (Lipinski definition) is 1. The molecule has 0 unspecified atom stereocenters. The summed E-state index contributed by atoms with van der Waals surface area (Å²) >= 11 is 0. The molecule has 3 aromatic heterocycles. The molecule has 0 aliphatic heterocycles. The first kappa shape index (κ1) is 19.8. The molecule has 3 heterocycles. The lowest BCUT2D eigenvalue weighted by atomic mass is 9.84. The van der Waals surface area contributed by atoms with E-state index in [1.807, 2.05) is 37.3 Å². The SMILES string of the molecule is CCOc1cc(C(C)(C)C)c2nc(-c3nnc(Nc4ccccn4)o3)cc(C)c2c1. The van der Waals surface area contributed by atoms with Crippen LogP contribution in [0.25, 0.3) is 22.5 Å². The van der Waals surface area contributed by atoms with Gasteiger partial charge >= 0.3 is 6.01 Å². The summed E-state index contributed by atoms with van der Waals surface area (Å²) in [6.07, 6.45) is 1.69. The highest BCUT2D eigenvalue weighted by molar-refractivity contribution is 5.89. The Labute approximate surface area is 175 Å². The zero-order valence-corrected chi connectivity index (χ0v) is 17.9. The van der Waals surface area contributed by atoms with Crippen LogP contribution in [0, 0.1) is 6.92 Å². The van der Waals surface area contributed by atoms with Crippen molar-refractivity contribution in [1.82, 2.24) is 20.2 Å². The normalized spacial score (nSPS) is 11.6. The van der Waals surface area contributed by atoms with E-state index in [1.165, 1.54) is 0 Å². The van der Waals surface area contributed by atoms with Crippen molar-refractivity contribution in [2.24, 2.45) is 0 Å². The number of anilines is 2. The van der Waals surface area contributed by atoms with Crippen molar-refractivity contribution in [2.75, 3.05) is 11.9 Å². The van der Waals surface area contributed by atoms with Crippen LogP contribution in [0.4, 0.5) is 11.8 Å². The summed E-state index contributed by atoms with van der Waals surface area (Å²) in [7, 11) is 0. The molecule has 7 nitrogen and oxygen atoms in total. The first-order valence-electron chi connectivity index (χ1n) is 9.96. The van der Waals surface area contributed by atoms with Crippen LogP contribution in [0.15, 0.2) is 47.0 Å². The number of fused-ring (bicyclic) bond motifs is 1. The van der Waals surface area contributed by atoms with Crippen molar-refractivity contribution >= 4 is 22.7 Å². The van der Waals surface area contributed by atoms with E-state index in [4.69, 9.17) is 14.1 Å². The highest BCUT2D eigenvalue weighted by atomic mass is 16.5. The van der Waals surface area contributed by atoms with Crippen molar-refractivity contribution in [3.05, 3.63) is 53.7 Å². The zero-order chi connectivity index (χ0) is 21.3. The van der Waals surface area contributed by atoms with Crippen LogP contribution in [-0.2, 0) is 5.41 Å². The number of nitrogens with zero attached hydrogens (tertiary/aromatic N) is 4. The van der Waals surface area contributed by atoms with E-state index in [0.717, 1.165) is 27.8 Å². The summed E-state index contributed by atoms with van der Waals surface area (Å²) < 4.78 is 11.6. The highest BCUT2D eigenvalue weighted by Gasteiger charge is 2.22. The van der Waals surface area contributed by atoms with Crippen LogP contribution in [0.1, 0.15) is 38.8 Å². The number of ether oxygens (including phenoxy) is 1. The molecule has 4 aromatic rings. The third-order valence-electron chi connectivity index (χ3n) is 4.76. The molecule has 1 N–H and O–H groups in total. The molecule has 0 bridgehead atoms. The van der Waals surface area contributed by atoms with Gasteiger partial charge in [0.05, 0.1) is 12.1 Å². The third-order valence-corrected chi connectivity index (χ3v) is 4.76. The van der Waals surface area contributed by atoms with E-state index < -0.39 is 0 Å². The Morgan fingerprint density at radius 2 is 1.93 bits per heavy atom. The molecule has 0 fully saturated rings. The van der Waals surface area contributed by atoms with Gasteiger partial charge in [0.1, 0.15) is 17.3 Å². The van der Waals surface area contributed by atoms with Crippen molar-refractivity contribution in [3.63, 3.8) is 0 Å². The standard InChI is InChI=1S/C23H25N5O2/c1-6-29-15-12-16-14(2)11-18(25-20(16)17(13-15)23(3,4)5)21-27-28-22(30-21)26-19-9-7-8-10-24-19/h7-13H,6H2,1-5H3,(H,24,26,28). The number of nitrogens with one attached hydrogen (secondary N) is 1. The maximum absolute atomic E-state index is 5.80. The maximum Gasteiger partial charge on any atom is 0.321 e. The van der Waals surface area contributed by atoms with E-state index in [-0.39, 0.29) is 11.4 Å². The van der Waals surface area contributed by atoms with Crippen molar-refractivity contribution in [2.45, 2.75) is 40.0 Å². The van der Waals surface area contributed by atoms with Gasteiger partial charge in [-0.05, 0) is 60.7 Å². The Hall–Kier alpha value is -3.48. The van der Waals surface area contributed by atoms with Crippen LogP contribution in [0.5, 0.6) is 5.75 Å². The summed E-state index contributed by atoms with van der Waals surface area (Å²) in [5, 5.41) is 12.3. The van der Waals surface area contributed by atoms with Crippen molar-refractivity contribution in [3.8, 4) is 17.3 Å². The average Bonchev–Trinajstić information content (AvgIpc) is 3.16. The van der Waals surface area contributed by atoms with Gasteiger partial charge < -0.3 is 9.15 Å². The zero-order valence-electron chi connectivity index (χ0n) is 17.9. The van der Waals surface area contributed by atoms with Gasteiger partial charge in [0.2, 0.25) is 0 Å². The lowest BCUT2D eigenvalue weighted by Gasteiger charge is -2.22. The lowest BCUT2D eigenvalue weighted by Crippen LogP contribution is -2.13. The number of rotatable bonds is 5. The van der Waals surface area contributed by atoms with Crippen LogP contribution in [-0.4, -0.2) is 26.8 Å². The molecule has 7 heteroatoms. The van der Waals surface area contributed by atoms with Gasteiger partial charge in [0.15, 0.2) is 0 Å². The second kappa shape index (κ2) is 7.74. The number of aryl methyl sites for hydroxylation is 1. The third kappa shape index (κ3) is 3.96. The monoisotopic (exact) mass is 403 g/mol. The quantitative estimate of drug-likeness (QED) is 0.475. The Kier molecular flexibility index (Phi) is 5.11. The van der Waals surface area contributed by atoms with Gasteiger partial charge in [-0.15, -0.1) is 5.10 Å². The highest BCUT2D eigenvalue weighted by Crippen LogP contribution is 2.36. The molecule has 1 aromatic carbocycles. The average molecular weight is 403 g/mol. The molecule has 0 aliphatic carbocycles. The van der Waals surface area contributed by atoms with Crippen LogP contribution >= 0.6 is 0 Å². The van der Waals surface area contributed by atoms with Gasteiger partial charge in [-0.3, -0.25) is 5.32 Å². The fourth-order valence-electron chi connectivity index (χ4n) is 3.32. The number of hydrogen-bond acceptors (Lipinski definition) is 7. The molecule has 0 saturated heterocycles. The van der Waals surface area contributed by atoms with E-state index in [2.05, 4.69) is 54.3 Å². The first-order valence-corrected chi connectivity index (χ1v) is 9.96. The second-order valence-electron chi connectivity index (χ2n) is 8.13. The van der Waals surface area contributed by atoms with E-state index >= 15 is 0 Å². The Bertz CT molecular complexity index is 1180. The van der Waals surface area contributed by atoms with Gasteiger partial charge in [-0.2, -0.15) is 0 Å². The van der Waals surface area contributed by atoms with E-state index in [9.17, 15) is 0 Å². The summed E-state index contributed by atoms with van der Waals surface area (Å²) in [4.78, 5) is 9.11. The topological polar surface area (TPSA) is 86.0 Å². The Morgan fingerprint density at radius 1 is 1.10 bits per heavy atom. The van der Waals surface area contributed by atoms with E-state index in [0.29, 0.717) is 24.0 Å². The van der Waals surface area contributed by atoms with Gasteiger partial charge in [0.25, 0.3) is 5.89 Å². The molecule has 154 valence electrons. The predicted octanol–water partition coefficient (Wildman–Crippen LogP) is 5.43. The Balaban J connectivity index is 1.78. The number of benzene rings is 1.